The number of allylic oxidation sites excluding steroid dienone is 1. The molecule has 1 saturated carbocycles. The summed E-state index contributed by atoms with van der Waals surface area (Å²) in [6.45, 7) is 0.570. The summed E-state index contributed by atoms with van der Waals surface area (Å²) in [5.74, 6) is 0.00700. The lowest BCUT2D eigenvalue weighted by atomic mass is 10.1. The van der Waals surface area contributed by atoms with Crippen LogP contribution in [0.1, 0.15) is 12.8 Å². The highest BCUT2D eigenvalue weighted by molar-refractivity contribution is 5.74. The molecule has 0 amide bonds. The van der Waals surface area contributed by atoms with Crippen LogP contribution in [-0.4, -0.2) is 26.7 Å². The Kier molecular flexibility index (Phi) is 3.95. The summed E-state index contributed by atoms with van der Waals surface area (Å²) >= 11 is 0. The van der Waals surface area contributed by atoms with Crippen molar-refractivity contribution in [1.82, 2.24) is 5.32 Å². The zero-order chi connectivity index (χ0) is 10.6. The van der Waals surface area contributed by atoms with Crippen LogP contribution >= 0.6 is 0 Å². The average molecular weight is 198 g/mol. The predicted molar refractivity (Wildman–Crippen MR) is 54.4 cm³/mol. The van der Waals surface area contributed by atoms with Crippen LogP contribution in [0.5, 0.6) is 0 Å². The zero-order valence-electron chi connectivity index (χ0n) is 8.75. The summed E-state index contributed by atoms with van der Waals surface area (Å²) in [5, 5.41) is 2.95. The first-order valence-electron chi connectivity index (χ1n) is 4.88. The lowest BCUT2D eigenvalue weighted by Crippen LogP contribution is -2.26. The second-order valence-electron chi connectivity index (χ2n) is 3.63. The predicted octanol–water partition coefficient (Wildman–Crippen LogP) is 0.248. The van der Waals surface area contributed by atoms with E-state index in [1.54, 1.807) is 7.05 Å². The first-order chi connectivity index (χ1) is 6.69. The third-order valence-electron chi connectivity index (χ3n) is 2.37. The van der Waals surface area contributed by atoms with Crippen LogP contribution in [0.3, 0.4) is 0 Å². The largest absolute Gasteiger partial charge is 0.469 e. The van der Waals surface area contributed by atoms with E-state index in [2.05, 4.69) is 10.1 Å². The van der Waals surface area contributed by atoms with E-state index in [1.807, 2.05) is 6.08 Å². The van der Waals surface area contributed by atoms with E-state index in [0.29, 0.717) is 12.5 Å². The van der Waals surface area contributed by atoms with Crippen LogP contribution in [0, 0.1) is 11.8 Å². The number of hydrogen-bond donors (Lipinski definition) is 2. The van der Waals surface area contributed by atoms with E-state index in [9.17, 15) is 4.79 Å². The van der Waals surface area contributed by atoms with Crippen molar-refractivity contribution < 1.29 is 9.53 Å². The highest BCUT2D eigenvalue weighted by Crippen LogP contribution is 2.34. The molecule has 4 heteroatoms. The van der Waals surface area contributed by atoms with Gasteiger partial charge < -0.3 is 15.8 Å². The van der Waals surface area contributed by atoms with Crippen molar-refractivity contribution >= 4 is 5.97 Å². The summed E-state index contributed by atoms with van der Waals surface area (Å²) in [6.07, 6.45) is 4.12. The molecule has 1 rings (SSSR count). The Balaban J connectivity index is 2.56. The highest BCUT2D eigenvalue weighted by atomic mass is 16.5. The Morgan fingerprint density at radius 3 is 2.79 bits per heavy atom. The molecule has 80 valence electrons. The van der Waals surface area contributed by atoms with Crippen LogP contribution in [0.2, 0.25) is 0 Å². The van der Waals surface area contributed by atoms with Gasteiger partial charge in [0.1, 0.15) is 0 Å². The van der Waals surface area contributed by atoms with Crippen LogP contribution in [0.4, 0.5) is 0 Å². The molecule has 1 unspecified atom stereocenters. The normalized spacial score (nSPS) is 19.1. The summed E-state index contributed by atoms with van der Waals surface area (Å²) in [7, 11) is 3.20. The second kappa shape index (κ2) is 5.00. The van der Waals surface area contributed by atoms with Gasteiger partial charge in [-0.2, -0.15) is 0 Å². The summed E-state index contributed by atoms with van der Waals surface area (Å²) in [4.78, 5) is 11.3. The summed E-state index contributed by atoms with van der Waals surface area (Å²) in [6, 6.07) is 0. The molecule has 0 spiro atoms. The number of methoxy groups -OCH3 is 1. The van der Waals surface area contributed by atoms with Crippen molar-refractivity contribution in [2.45, 2.75) is 12.8 Å². The molecule has 1 atom stereocenters. The van der Waals surface area contributed by atoms with Crippen molar-refractivity contribution in [2.24, 2.45) is 17.6 Å². The maximum absolute atomic E-state index is 11.3. The fraction of sp³-hybridized carbons (Fsp3) is 0.700. The molecule has 0 bridgehead atoms. The van der Waals surface area contributed by atoms with Crippen LogP contribution < -0.4 is 11.1 Å². The number of nitrogens with one attached hydrogen (secondary N) is 1. The second-order valence-corrected chi connectivity index (χ2v) is 3.63. The fourth-order valence-electron chi connectivity index (χ4n) is 1.37. The van der Waals surface area contributed by atoms with E-state index in [-0.39, 0.29) is 11.9 Å². The average Bonchev–Trinajstić information content (AvgIpc) is 2.99. The van der Waals surface area contributed by atoms with Crippen LogP contribution in [0.25, 0.3) is 0 Å². The topological polar surface area (TPSA) is 64.3 Å². The number of esters is 1. The monoisotopic (exact) mass is 198 g/mol. The van der Waals surface area contributed by atoms with Crippen molar-refractivity contribution in [3.63, 3.8) is 0 Å². The molecule has 0 aromatic carbocycles. The Bertz CT molecular complexity index is 234. The van der Waals surface area contributed by atoms with E-state index >= 15 is 0 Å². The molecular weight excluding hydrogens is 180 g/mol. The highest BCUT2D eigenvalue weighted by Gasteiger charge is 2.26. The van der Waals surface area contributed by atoms with E-state index in [1.165, 1.54) is 7.11 Å². The summed E-state index contributed by atoms with van der Waals surface area (Å²) in [5.41, 5.74) is 6.66. The van der Waals surface area contributed by atoms with E-state index in [0.717, 1.165) is 18.5 Å². The van der Waals surface area contributed by atoms with Gasteiger partial charge in [-0.1, -0.05) is 6.08 Å². The number of rotatable bonds is 5. The minimum absolute atomic E-state index is 0.233. The lowest BCUT2D eigenvalue weighted by molar-refractivity contribution is -0.143. The maximum atomic E-state index is 11.3. The molecule has 1 aliphatic carbocycles. The Hall–Kier alpha value is -1.03. The molecule has 1 aliphatic rings. The molecule has 4 nitrogen and oxygen atoms in total. The van der Waals surface area contributed by atoms with Gasteiger partial charge in [0.05, 0.1) is 13.0 Å². The van der Waals surface area contributed by atoms with Gasteiger partial charge in [0.2, 0.25) is 0 Å². The molecule has 0 aromatic rings. The van der Waals surface area contributed by atoms with Crippen molar-refractivity contribution in [3.8, 4) is 0 Å². The van der Waals surface area contributed by atoms with Gasteiger partial charge in [-0.15, -0.1) is 0 Å². The third-order valence-corrected chi connectivity index (χ3v) is 2.37. The van der Waals surface area contributed by atoms with Crippen LogP contribution in [-0.2, 0) is 9.53 Å². The van der Waals surface area contributed by atoms with Gasteiger partial charge in [-0.25, -0.2) is 0 Å². The van der Waals surface area contributed by atoms with Crippen LogP contribution in [0.15, 0.2) is 11.8 Å². The van der Waals surface area contributed by atoms with Gasteiger partial charge in [0, 0.05) is 12.2 Å². The number of carbonyl (C=O) groups is 1. The number of hydrogen-bond acceptors (Lipinski definition) is 4. The summed E-state index contributed by atoms with van der Waals surface area (Å²) < 4.78 is 4.69. The molecule has 14 heavy (non-hydrogen) atoms. The molecule has 0 aromatic heterocycles. The quantitative estimate of drug-likeness (QED) is 0.621. The van der Waals surface area contributed by atoms with E-state index < -0.39 is 0 Å². The maximum Gasteiger partial charge on any atom is 0.313 e. The Morgan fingerprint density at radius 2 is 2.36 bits per heavy atom. The molecular formula is C10H18N2O2. The van der Waals surface area contributed by atoms with Gasteiger partial charge in [-0.05, 0) is 25.8 Å². The number of ether oxygens (including phenoxy) is 1. The van der Waals surface area contributed by atoms with Crippen molar-refractivity contribution in [3.05, 3.63) is 11.8 Å². The van der Waals surface area contributed by atoms with Crippen molar-refractivity contribution in [1.29, 1.82) is 0 Å². The lowest BCUT2D eigenvalue weighted by Gasteiger charge is -2.10. The first-order valence-corrected chi connectivity index (χ1v) is 4.88. The van der Waals surface area contributed by atoms with Crippen molar-refractivity contribution in [2.75, 3.05) is 20.7 Å². The van der Waals surface area contributed by atoms with Gasteiger partial charge in [-0.3, -0.25) is 4.79 Å². The third kappa shape index (κ3) is 3.03. The zero-order valence-corrected chi connectivity index (χ0v) is 8.75. The number of carbonyl (C=O) groups excluding carboxylic acids is 1. The Morgan fingerprint density at radius 1 is 1.71 bits per heavy atom. The van der Waals surface area contributed by atoms with Gasteiger partial charge in [0.15, 0.2) is 0 Å². The molecule has 0 radical (unpaired) electrons. The molecule has 3 N–H and O–H groups in total. The first kappa shape index (κ1) is 11.0. The number of nitrogens with two attached hydrogens (primary N) is 1. The minimum atomic E-state index is -0.259. The van der Waals surface area contributed by atoms with Gasteiger partial charge >= 0.3 is 5.97 Å². The molecule has 1 fully saturated rings. The van der Waals surface area contributed by atoms with Gasteiger partial charge in [0.25, 0.3) is 0 Å². The smallest absolute Gasteiger partial charge is 0.313 e. The molecule has 0 heterocycles. The molecule has 0 aliphatic heterocycles. The van der Waals surface area contributed by atoms with E-state index in [4.69, 9.17) is 5.73 Å². The standard InChI is InChI=1S/C10H18N2O2/c1-12-6-8(10(13)14-2)5-9(11)7-3-4-7/h5,7-8,12H,3-4,6,11H2,1-2H3/b9-5-. The minimum Gasteiger partial charge on any atom is -0.469 e. The SMILES string of the molecule is CNCC(/C=C(\N)C1CC1)C(=O)OC. The molecule has 0 saturated heterocycles. The Labute approximate surface area is 84.5 Å². The fourth-order valence-corrected chi connectivity index (χ4v) is 1.37.